The van der Waals surface area contributed by atoms with E-state index in [-0.39, 0.29) is 5.92 Å². The van der Waals surface area contributed by atoms with Gasteiger partial charge in [0.1, 0.15) is 6.61 Å². The Balaban J connectivity index is 1.05. The number of rotatable bonds is 25. The van der Waals surface area contributed by atoms with Gasteiger partial charge in [-0.3, -0.25) is 0 Å². The number of halogens is 1. The second-order valence-electron chi connectivity index (χ2n) is 9.23. The zero-order valence-corrected chi connectivity index (χ0v) is 26.4. The third-order valence-corrected chi connectivity index (χ3v) is 6.75. The lowest BCUT2D eigenvalue weighted by Gasteiger charge is -2.14. The van der Waals surface area contributed by atoms with Gasteiger partial charge in [0.15, 0.2) is 0 Å². The van der Waals surface area contributed by atoms with E-state index in [4.69, 9.17) is 37.9 Å². The van der Waals surface area contributed by atoms with Gasteiger partial charge in [0.05, 0.1) is 92.5 Å². The molecule has 0 fully saturated rings. The van der Waals surface area contributed by atoms with Crippen LogP contribution >= 0.6 is 22.6 Å². The fourth-order valence-corrected chi connectivity index (χ4v) is 4.66. The highest BCUT2D eigenvalue weighted by Crippen LogP contribution is 2.44. The maximum Gasteiger partial charge on any atom is 0.407 e. The van der Waals surface area contributed by atoms with E-state index in [0.29, 0.717) is 99.0 Å². The van der Waals surface area contributed by atoms with Crippen molar-refractivity contribution in [2.75, 3.05) is 110 Å². The minimum absolute atomic E-state index is 0.0459. The number of hydrogen-bond acceptors (Lipinski definition) is 9. The van der Waals surface area contributed by atoms with E-state index in [9.17, 15) is 4.79 Å². The summed E-state index contributed by atoms with van der Waals surface area (Å²) in [7, 11) is 0. The van der Waals surface area contributed by atoms with Crippen molar-refractivity contribution in [2.24, 2.45) is 0 Å². The molecule has 0 atom stereocenters. The molecule has 2 aromatic rings. The highest BCUT2D eigenvalue weighted by Gasteiger charge is 2.28. The van der Waals surface area contributed by atoms with Gasteiger partial charge in [-0.05, 0) is 22.3 Å². The van der Waals surface area contributed by atoms with Crippen molar-refractivity contribution in [3.8, 4) is 11.1 Å². The summed E-state index contributed by atoms with van der Waals surface area (Å²) in [6.07, 6.45) is -0.445. The Kier molecular flexibility index (Phi) is 18.7. The molecule has 11 heteroatoms. The predicted octanol–water partition coefficient (Wildman–Crippen LogP) is 4.08. The van der Waals surface area contributed by atoms with Crippen LogP contribution in [-0.2, 0) is 37.9 Å². The summed E-state index contributed by atoms with van der Waals surface area (Å²) in [4.78, 5) is 12.2. The van der Waals surface area contributed by atoms with E-state index >= 15 is 0 Å². The van der Waals surface area contributed by atoms with Crippen molar-refractivity contribution in [3.63, 3.8) is 0 Å². The van der Waals surface area contributed by atoms with Gasteiger partial charge >= 0.3 is 6.09 Å². The first kappa shape index (κ1) is 34.6. The number of nitrogens with one attached hydrogen (secondary N) is 1. The second-order valence-corrected chi connectivity index (χ2v) is 10.3. The Morgan fingerprint density at radius 3 is 1.38 bits per heavy atom. The van der Waals surface area contributed by atoms with Gasteiger partial charge in [-0.25, -0.2) is 4.79 Å². The van der Waals surface area contributed by atoms with E-state index in [1.165, 1.54) is 22.3 Å². The van der Waals surface area contributed by atoms with Crippen LogP contribution in [0.2, 0.25) is 0 Å². The van der Waals surface area contributed by atoms with Crippen LogP contribution in [0.15, 0.2) is 48.5 Å². The lowest BCUT2D eigenvalue weighted by molar-refractivity contribution is -0.0199. The van der Waals surface area contributed by atoms with Gasteiger partial charge in [0, 0.05) is 16.9 Å². The van der Waals surface area contributed by atoms with Crippen LogP contribution in [0.4, 0.5) is 4.79 Å². The zero-order valence-electron chi connectivity index (χ0n) is 24.3. The molecule has 0 heterocycles. The molecule has 1 aliphatic carbocycles. The Morgan fingerprint density at radius 2 is 0.952 bits per heavy atom. The van der Waals surface area contributed by atoms with Crippen molar-refractivity contribution in [3.05, 3.63) is 59.7 Å². The molecule has 3 rings (SSSR count). The Morgan fingerprint density at radius 1 is 0.571 bits per heavy atom. The monoisotopic (exact) mass is 701 g/mol. The third-order valence-electron chi connectivity index (χ3n) is 6.31. The number of hydrogen-bond donors (Lipinski definition) is 1. The van der Waals surface area contributed by atoms with Crippen molar-refractivity contribution >= 4 is 28.7 Å². The minimum Gasteiger partial charge on any atom is -0.449 e. The lowest BCUT2D eigenvalue weighted by Crippen LogP contribution is -2.29. The number of fused-ring (bicyclic) bond motifs is 3. The van der Waals surface area contributed by atoms with Crippen molar-refractivity contribution in [1.29, 1.82) is 0 Å². The van der Waals surface area contributed by atoms with Crippen LogP contribution in [0, 0.1) is 0 Å². The SMILES string of the molecule is O=C(NCCOCCOCCOCCOCCOCCOCCOCCI)OCC1c2ccccc2-c2ccccc21. The number of carbonyl (C=O) groups excluding carboxylic acids is 1. The van der Waals surface area contributed by atoms with E-state index < -0.39 is 6.09 Å². The molecular formula is C31H44INO9. The summed E-state index contributed by atoms with van der Waals surface area (Å²) in [5, 5.41) is 2.74. The molecule has 0 radical (unpaired) electrons. The van der Waals surface area contributed by atoms with E-state index in [2.05, 4.69) is 52.2 Å². The van der Waals surface area contributed by atoms with Crippen LogP contribution in [0.3, 0.4) is 0 Å². The average Bonchev–Trinajstić information content (AvgIpc) is 3.34. The number of benzene rings is 2. The summed E-state index contributed by atoms with van der Waals surface area (Å²) in [5.41, 5.74) is 4.79. The summed E-state index contributed by atoms with van der Waals surface area (Å²) in [6.45, 7) is 8.03. The van der Waals surface area contributed by atoms with Gasteiger partial charge in [-0.1, -0.05) is 71.1 Å². The third kappa shape index (κ3) is 13.6. The number of carbonyl (C=O) groups is 1. The maximum atomic E-state index is 12.2. The molecule has 0 unspecified atom stereocenters. The van der Waals surface area contributed by atoms with Crippen LogP contribution in [-0.4, -0.2) is 116 Å². The fourth-order valence-electron chi connectivity index (χ4n) is 4.35. The predicted molar refractivity (Wildman–Crippen MR) is 168 cm³/mol. The first-order chi connectivity index (χ1) is 20.8. The maximum absolute atomic E-state index is 12.2. The number of ether oxygens (including phenoxy) is 8. The molecule has 0 bridgehead atoms. The highest BCUT2D eigenvalue weighted by atomic mass is 127. The molecule has 0 aliphatic heterocycles. The summed E-state index contributed by atoms with van der Waals surface area (Å²) >= 11 is 2.28. The van der Waals surface area contributed by atoms with Crippen LogP contribution in [0.1, 0.15) is 17.0 Å². The molecular weight excluding hydrogens is 657 g/mol. The fraction of sp³-hybridized carbons (Fsp3) is 0.581. The van der Waals surface area contributed by atoms with Gasteiger partial charge in [0.25, 0.3) is 0 Å². The second kappa shape index (κ2) is 22.7. The molecule has 1 aliphatic rings. The minimum atomic E-state index is -0.445. The van der Waals surface area contributed by atoms with Gasteiger partial charge in [0.2, 0.25) is 0 Å². The Labute approximate surface area is 262 Å². The molecule has 234 valence electrons. The number of alkyl halides is 1. The number of amides is 1. The molecule has 42 heavy (non-hydrogen) atoms. The van der Waals surface area contributed by atoms with Crippen LogP contribution < -0.4 is 5.32 Å². The zero-order chi connectivity index (χ0) is 29.5. The highest BCUT2D eigenvalue weighted by molar-refractivity contribution is 14.1. The normalized spacial score (nSPS) is 12.3. The molecule has 2 aromatic carbocycles. The van der Waals surface area contributed by atoms with E-state index in [1.54, 1.807) is 0 Å². The molecule has 1 N–H and O–H groups in total. The van der Waals surface area contributed by atoms with E-state index in [0.717, 1.165) is 11.0 Å². The van der Waals surface area contributed by atoms with E-state index in [1.807, 2.05) is 24.3 Å². The van der Waals surface area contributed by atoms with Gasteiger partial charge in [-0.2, -0.15) is 0 Å². The lowest BCUT2D eigenvalue weighted by atomic mass is 9.98. The topological polar surface area (TPSA) is 103 Å². The molecule has 0 saturated carbocycles. The Bertz CT molecular complexity index is 951. The van der Waals surface area contributed by atoms with Crippen LogP contribution in [0.5, 0.6) is 0 Å². The molecule has 1 amide bonds. The average molecular weight is 702 g/mol. The van der Waals surface area contributed by atoms with Crippen LogP contribution in [0.25, 0.3) is 11.1 Å². The summed E-state index contributed by atoms with van der Waals surface area (Å²) < 4.78 is 44.6. The van der Waals surface area contributed by atoms with Gasteiger partial charge in [-0.15, -0.1) is 0 Å². The first-order valence-corrected chi connectivity index (χ1v) is 16.0. The van der Waals surface area contributed by atoms with Crippen molar-refractivity contribution < 1.29 is 42.7 Å². The largest absolute Gasteiger partial charge is 0.449 e. The molecule has 0 aromatic heterocycles. The summed E-state index contributed by atoms with van der Waals surface area (Å²) in [6, 6.07) is 16.5. The molecule has 0 saturated heterocycles. The Hall–Kier alpha value is -1.84. The smallest absolute Gasteiger partial charge is 0.407 e. The molecule has 10 nitrogen and oxygen atoms in total. The van der Waals surface area contributed by atoms with Crippen molar-refractivity contribution in [2.45, 2.75) is 5.92 Å². The van der Waals surface area contributed by atoms with Crippen molar-refractivity contribution in [1.82, 2.24) is 5.32 Å². The quantitative estimate of drug-likeness (QED) is 0.0933. The number of alkyl carbamates (subject to hydrolysis) is 1. The standard InChI is InChI=1S/C31H44INO9/c32-9-11-35-13-15-37-17-19-39-21-23-41-24-22-40-20-18-38-16-14-36-12-10-33-31(34)42-25-30-28-7-3-1-5-26(28)27-6-2-4-8-29(27)30/h1-8,30H,9-25H2,(H,33,34). The van der Waals surface area contributed by atoms with Gasteiger partial charge < -0.3 is 43.2 Å². The molecule has 0 spiro atoms. The summed E-state index contributed by atoms with van der Waals surface area (Å²) in [5.74, 6) is 0.0459. The first-order valence-electron chi connectivity index (χ1n) is 14.5.